The van der Waals surface area contributed by atoms with Crippen LogP contribution >= 0.6 is 0 Å². The Kier molecular flexibility index (Phi) is 7.14. The highest BCUT2D eigenvalue weighted by Crippen LogP contribution is 2.23. The summed E-state index contributed by atoms with van der Waals surface area (Å²) >= 11 is 0. The number of imidazole rings is 1. The summed E-state index contributed by atoms with van der Waals surface area (Å²) in [6.07, 6.45) is 11.7. The lowest BCUT2D eigenvalue weighted by Crippen LogP contribution is -2.41. The molecule has 6 nitrogen and oxygen atoms in total. The van der Waals surface area contributed by atoms with E-state index in [1.54, 1.807) is 0 Å². The van der Waals surface area contributed by atoms with Gasteiger partial charge >= 0.3 is 0 Å². The Balaban J connectivity index is 1.10. The standard InChI is InChI=1S/C28H36N4O2/c1-22-6-11-27-29-25(20-32(27)18-22)21-34-26-9-7-24(8-10-26)28(33)31-16-12-23(13-17-31)19-30-14-4-2-3-5-15-30/h6-11,18,20,23H,2-5,12-17,19,21H2,1H3. The first kappa shape index (κ1) is 22.9. The van der Waals surface area contributed by atoms with Crippen LogP contribution < -0.4 is 4.74 Å². The van der Waals surface area contributed by atoms with Gasteiger partial charge in [0.15, 0.2) is 0 Å². The van der Waals surface area contributed by atoms with Crippen LogP contribution in [0.4, 0.5) is 0 Å². The van der Waals surface area contributed by atoms with Crippen molar-refractivity contribution in [2.24, 2.45) is 5.92 Å². The minimum Gasteiger partial charge on any atom is -0.487 e. The molecule has 0 aliphatic carbocycles. The molecule has 0 bridgehead atoms. The molecular weight excluding hydrogens is 424 g/mol. The van der Waals surface area contributed by atoms with Gasteiger partial charge in [0.2, 0.25) is 0 Å². The van der Waals surface area contributed by atoms with Crippen LogP contribution in [0, 0.1) is 12.8 Å². The van der Waals surface area contributed by atoms with Crippen LogP contribution in [0.15, 0.2) is 48.8 Å². The molecule has 0 saturated carbocycles. The van der Waals surface area contributed by atoms with Crippen LogP contribution in [0.2, 0.25) is 0 Å². The Morgan fingerprint density at radius 2 is 1.68 bits per heavy atom. The summed E-state index contributed by atoms with van der Waals surface area (Å²) in [6.45, 7) is 7.91. The quantitative estimate of drug-likeness (QED) is 0.522. The molecule has 1 aromatic carbocycles. The number of likely N-dealkylation sites (tertiary alicyclic amines) is 2. The van der Waals surface area contributed by atoms with Gasteiger partial charge in [-0.2, -0.15) is 0 Å². The highest BCUT2D eigenvalue weighted by Gasteiger charge is 2.25. The molecule has 0 radical (unpaired) electrons. The summed E-state index contributed by atoms with van der Waals surface area (Å²) in [5.41, 5.74) is 3.73. The van der Waals surface area contributed by atoms with Crippen LogP contribution in [0.25, 0.3) is 5.65 Å². The predicted octanol–water partition coefficient (Wildman–Crippen LogP) is 4.95. The first-order chi connectivity index (χ1) is 16.6. The van der Waals surface area contributed by atoms with Crippen LogP contribution in [0.5, 0.6) is 5.75 Å². The molecule has 34 heavy (non-hydrogen) atoms. The highest BCUT2D eigenvalue weighted by atomic mass is 16.5. The number of piperidine rings is 1. The number of amides is 1. The lowest BCUT2D eigenvalue weighted by Gasteiger charge is -2.34. The minimum atomic E-state index is 0.135. The van der Waals surface area contributed by atoms with Crippen LogP contribution in [0.3, 0.4) is 0 Å². The van der Waals surface area contributed by atoms with Crippen molar-refractivity contribution in [1.29, 1.82) is 0 Å². The van der Waals surface area contributed by atoms with Gasteiger partial charge in [-0.15, -0.1) is 0 Å². The van der Waals surface area contributed by atoms with Gasteiger partial charge in [-0.1, -0.05) is 18.9 Å². The molecule has 180 valence electrons. The number of nitrogens with zero attached hydrogens (tertiary/aromatic N) is 4. The molecule has 0 spiro atoms. The average Bonchev–Trinajstić information content (AvgIpc) is 3.08. The second-order valence-electron chi connectivity index (χ2n) is 9.97. The smallest absolute Gasteiger partial charge is 0.253 e. The lowest BCUT2D eigenvalue weighted by molar-refractivity contribution is 0.0668. The van der Waals surface area contributed by atoms with E-state index in [4.69, 9.17) is 4.74 Å². The molecule has 2 aliphatic rings. The summed E-state index contributed by atoms with van der Waals surface area (Å²) < 4.78 is 7.94. The number of carbonyl (C=O) groups excluding carboxylic acids is 1. The average molecular weight is 461 g/mol. The first-order valence-corrected chi connectivity index (χ1v) is 12.8. The zero-order valence-electron chi connectivity index (χ0n) is 20.3. The van der Waals surface area contributed by atoms with Crippen molar-refractivity contribution in [1.82, 2.24) is 19.2 Å². The number of benzene rings is 1. The summed E-state index contributed by atoms with van der Waals surface area (Å²) in [6, 6.07) is 11.6. The predicted molar refractivity (Wildman–Crippen MR) is 134 cm³/mol. The Morgan fingerprint density at radius 3 is 2.41 bits per heavy atom. The van der Waals surface area contributed by atoms with Crippen molar-refractivity contribution in [3.63, 3.8) is 0 Å². The van der Waals surface area contributed by atoms with E-state index in [-0.39, 0.29) is 5.91 Å². The second kappa shape index (κ2) is 10.6. The van der Waals surface area contributed by atoms with Crippen molar-refractivity contribution in [3.05, 3.63) is 65.6 Å². The van der Waals surface area contributed by atoms with E-state index in [1.807, 2.05) is 45.8 Å². The van der Waals surface area contributed by atoms with Crippen molar-refractivity contribution in [3.8, 4) is 5.75 Å². The van der Waals surface area contributed by atoms with E-state index in [1.165, 1.54) is 50.9 Å². The summed E-state index contributed by atoms with van der Waals surface area (Å²) in [4.78, 5) is 22.3. The van der Waals surface area contributed by atoms with Gasteiger partial charge in [0.25, 0.3) is 5.91 Å². The molecule has 2 fully saturated rings. The van der Waals surface area contributed by atoms with Crippen LogP contribution in [-0.4, -0.2) is 57.8 Å². The molecule has 6 heteroatoms. The largest absolute Gasteiger partial charge is 0.487 e. The van der Waals surface area contributed by atoms with Gasteiger partial charge in [-0.3, -0.25) is 4.79 Å². The molecule has 2 aliphatic heterocycles. The number of carbonyl (C=O) groups is 1. The third-order valence-electron chi connectivity index (χ3n) is 7.25. The molecule has 4 heterocycles. The molecule has 2 saturated heterocycles. The zero-order chi connectivity index (χ0) is 23.3. The molecule has 0 unspecified atom stereocenters. The maximum absolute atomic E-state index is 13.0. The Labute approximate surface area is 202 Å². The van der Waals surface area contributed by atoms with Crippen molar-refractivity contribution < 1.29 is 9.53 Å². The van der Waals surface area contributed by atoms with Crippen molar-refractivity contribution in [2.75, 3.05) is 32.7 Å². The number of aromatic nitrogens is 2. The van der Waals surface area contributed by atoms with E-state index in [2.05, 4.69) is 29.1 Å². The second-order valence-corrected chi connectivity index (χ2v) is 9.97. The third kappa shape index (κ3) is 5.61. The van der Waals surface area contributed by atoms with E-state index in [0.29, 0.717) is 6.61 Å². The fourth-order valence-corrected chi connectivity index (χ4v) is 5.26. The first-order valence-electron chi connectivity index (χ1n) is 12.8. The summed E-state index contributed by atoms with van der Waals surface area (Å²) in [7, 11) is 0. The van der Waals surface area contributed by atoms with E-state index in [9.17, 15) is 4.79 Å². The number of rotatable bonds is 6. The topological polar surface area (TPSA) is 50.1 Å². The van der Waals surface area contributed by atoms with Gasteiger partial charge in [0, 0.05) is 37.6 Å². The number of hydrogen-bond acceptors (Lipinski definition) is 4. The van der Waals surface area contributed by atoms with E-state index >= 15 is 0 Å². The third-order valence-corrected chi connectivity index (χ3v) is 7.25. The number of ether oxygens (including phenoxy) is 1. The fourth-order valence-electron chi connectivity index (χ4n) is 5.26. The molecule has 5 rings (SSSR count). The Hall–Kier alpha value is -2.86. The number of pyridine rings is 1. The minimum absolute atomic E-state index is 0.135. The van der Waals surface area contributed by atoms with Gasteiger partial charge < -0.3 is 18.9 Å². The Morgan fingerprint density at radius 1 is 0.941 bits per heavy atom. The van der Waals surface area contributed by atoms with Gasteiger partial charge in [-0.25, -0.2) is 4.98 Å². The molecular formula is C28H36N4O2. The normalized spacial score (nSPS) is 18.2. The fraction of sp³-hybridized carbons (Fsp3) is 0.500. The summed E-state index contributed by atoms with van der Waals surface area (Å²) in [5.74, 6) is 1.61. The monoisotopic (exact) mass is 460 g/mol. The van der Waals surface area contributed by atoms with Crippen molar-refractivity contribution in [2.45, 2.75) is 52.1 Å². The van der Waals surface area contributed by atoms with Crippen LogP contribution in [-0.2, 0) is 6.61 Å². The molecule has 2 aromatic heterocycles. The Bertz CT molecular complexity index is 1090. The number of fused-ring (bicyclic) bond motifs is 1. The molecule has 0 atom stereocenters. The van der Waals surface area contributed by atoms with Gasteiger partial charge in [0.05, 0.1) is 5.69 Å². The molecule has 0 N–H and O–H groups in total. The van der Waals surface area contributed by atoms with Crippen LogP contribution in [0.1, 0.15) is 60.1 Å². The molecule has 3 aromatic rings. The van der Waals surface area contributed by atoms with E-state index < -0.39 is 0 Å². The highest BCUT2D eigenvalue weighted by molar-refractivity contribution is 5.94. The summed E-state index contributed by atoms with van der Waals surface area (Å²) in [5, 5.41) is 0. The molecule has 1 amide bonds. The maximum atomic E-state index is 13.0. The zero-order valence-corrected chi connectivity index (χ0v) is 20.3. The number of aryl methyl sites for hydroxylation is 1. The maximum Gasteiger partial charge on any atom is 0.253 e. The SMILES string of the molecule is Cc1ccc2nc(COc3ccc(C(=O)N4CCC(CN5CCCCCC5)CC4)cc3)cn2c1. The van der Waals surface area contributed by atoms with Gasteiger partial charge in [0.1, 0.15) is 18.0 Å². The van der Waals surface area contributed by atoms with Gasteiger partial charge in [-0.05, 0) is 87.5 Å². The van der Waals surface area contributed by atoms with Crippen molar-refractivity contribution >= 4 is 11.6 Å². The lowest BCUT2D eigenvalue weighted by atomic mass is 9.95. The van der Waals surface area contributed by atoms with E-state index in [0.717, 1.165) is 54.5 Å². The number of hydrogen-bond donors (Lipinski definition) is 0.